The maximum Gasteiger partial charge on any atom is 0.320 e. The maximum atomic E-state index is 10.5. The lowest BCUT2D eigenvalue weighted by Gasteiger charge is -2.06. The van der Waals surface area contributed by atoms with E-state index in [0.29, 0.717) is 6.42 Å². The molecule has 0 aliphatic carbocycles. The van der Waals surface area contributed by atoms with Gasteiger partial charge < -0.3 is 10.8 Å². The van der Waals surface area contributed by atoms with Crippen LogP contribution in [0.1, 0.15) is 11.1 Å². The second-order valence-corrected chi connectivity index (χ2v) is 3.66. The minimum Gasteiger partial charge on any atom is -0.480 e. The van der Waals surface area contributed by atoms with E-state index in [1.54, 1.807) is 0 Å². The molecule has 0 aliphatic heterocycles. The number of carbonyl (C=O) groups is 1. The molecule has 1 unspecified atom stereocenters. The zero-order chi connectivity index (χ0) is 10.6. The van der Waals surface area contributed by atoms with Gasteiger partial charge in [-0.1, -0.05) is 40.2 Å². The summed E-state index contributed by atoms with van der Waals surface area (Å²) in [7, 11) is 0. The Hall–Kier alpha value is -0.870. The molecule has 76 valence electrons. The largest absolute Gasteiger partial charge is 0.480 e. The average Bonchev–Trinajstić information content (AvgIpc) is 2.19. The van der Waals surface area contributed by atoms with Crippen LogP contribution in [-0.4, -0.2) is 17.1 Å². The summed E-state index contributed by atoms with van der Waals surface area (Å²) >= 11 is 3.34. The van der Waals surface area contributed by atoms with Crippen LogP contribution in [-0.2, 0) is 16.5 Å². The van der Waals surface area contributed by atoms with Gasteiger partial charge in [0, 0.05) is 5.33 Å². The van der Waals surface area contributed by atoms with Crippen molar-refractivity contribution < 1.29 is 9.90 Å². The molecule has 0 amide bonds. The van der Waals surface area contributed by atoms with Gasteiger partial charge in [0.2, 0.25) is 0 Å². The Kier molecular flexibility index (Phi) is 4.10. The molecule has 0 saturated carbocycles. The Bertz CT molecular complexity index is 310. The number of nitrogens with two attached hydrogens (primary N) is 1. The van der Waals surface area contributed by atoms with E-state index in [1.807, 2.05) is 24.3 Å². The number of carboxylic acids is 1. The first-order valence-electron chi connectivity index (χ1n) is 4.25. The van der Waals surface area contributed by atoms with E-state index < -0.39 is 12.0 Å². The smallest absolute Gasteiger partial charge is 0.320 e. The van der Waals surface area contributed by atoms with E-state index >= 15 is 0 Å². The molecular weight excluding hydrogens is 246 g/mol. The van der Waals surface area contributed by atoms with Crippen molar-refractivity contribution in [1.82, 2.24) is 0 Å². The second kappa shape index (κ2) is 5.12. The van der Waals surface area contributed by atoms with Crippen LogP contribution < -0.4 is 5.73 Å². The third kappa shape index (κ3) is 3.12. The molecule has 0 spiro atoms. The first kappa shape index (κ1) is 11.2. The van der Waals surface area contributed by atoms with Crippen molar-refractivity contribution in [3.63, 3.8) is 0 Å². The molecule has 1 aromatic rings. The average molecular weight is 258 g/mol. The molecule has 0 aromatic heterocycles. The Morgan fingerprint density at radius 3 is 2.29 bits per heavy atom. The van der Waals surface area contributed by atoms with E-state index in [0.717, 1.165) is 16.5 Å². The van der Waals surface area contributed by atoms with Gasteiger partial charge in [-0.25, -0.2) is 0 Å². The summed E-state index contributed by atoms with van der Waals surface area (Å²) in [5, 5.41) is 9.42. The molecule has 1 rings (SSSR count). The van der Waals surface area contributed by atoms with Gasteiger partial charge >= 0.3 is 5.97 Å². The van der Waals surface area contributed by atoms with Gasteiger partial charge in [-0.05, 0) is 17.5 Å². The number of carboxylic acid groups (broad SMARTS) is 1. The van der Waals surface area contributed by atoms with Crippen LogP contribution in [0.4, 0.5) is 0 Å². The number of aliphatic carboxylic acids is 1. The maximum absolute atomic E-state index is 10.5. The van der Waals surface area contributed by atoms with E-state index in [1.165, 1.54) is 0 Å². The summed E-state index contributed by atoms with van der Waals surface area (Å²) in [5.41, 5.74) is 7.52. The highest BCUT2D eigenvalue weighted by molar-refractivity contribution is 9.08. The van der Waals surface area contributed by atoms with Crippen LogP contribution in [0.5, 0.6) is 0 Å². The summed E-state index contributed by atoms with van der Waals surface area (Å²) in [6.07, 6.45) is 0.373. The van der Waals surface area contributed by atoms with Crippen LogP contribution >= 0.6 is 15.9 Å². The number of hydrogen-bond donors (Lipinski definition) is 2. The van der Waals surface area contributed by atoms with Crippen molar-refractivity contribution in [2.75, 3.05) is 0 Å². The molecule has 0 radical (unpaired) electrons. The van der Waals surface area contributed by atoms with Crippen molar-refractivity contribution in [2.24, 2.45) is 5.73 Å². The molecule has 0 saturated heterocycles. The zero-order valence-electron chi connectivity index (χ0n) is 7.61. The topological polar surface area (TPSA) is 63.3 Å². The van der Waals surface area contributed by atoms with Crippen LogP contribution in [0.15, 0.2) is 24.3 Å². The van der Waals surface area contributed by atoms with Gasteiger partial charge in [0.1, 0.15) is 6.04 Å². The van der Waals surface area contributed by atoms with Gasteiger partial charge in [-0.15, -0.1) is 0 Å². The van der Waals surface area contributed by atoms with Crippen molar-refractivity contribution in [2.45, 2.75) is 17.8 Å². The lowest BCUT2D eigenvalue weighted by atomic mass is 10.1. The quantitative estimate of drug-likeness (QED) is 0.805. The number of rotatable bonds is 4. The van der Waals surface area contributed by atoms with Crippen molar-refractivity contribution in [3.8, 4) is 0 Å². The van der Waals surface area contributed by atoms with Gasteiger partial charge in [-0.3, -0.25) is 4.79 Å². The van der Waals surface area contributed by atoms with Crippen molar-refractivity contribution in [3.05, 3.63) is 35.4 Å². The van der Waals surface area contributed by atoms with Crippen LogP contribution in [0.25, 0.3) is 0 Å². The second-order valence-electron chi connectivity index (χ2n) is 3.10. The molecule has 4 heteroatoms. The van der Waals surface area contributed by atoms with Crippen LogP contribution in [0.3, 0.4) is 0 Å². The molecule has 1 aromatic carbocycles. The van der Waals surface area contributed by atoms with E-state index in [2.05, 4.69) is 15.9 Å². The third-order valence-electron chi connectivity index (χ3n) is 1.95. The number of benzene rings is 1. The van der Waals surface area contributed by atoms with E-state index in [9.17, 15) is 4.79 Å². The summed E-state index contributed by atoms with van der Waals surface area (Å²) in [6.45, 7) is 0. The Morgan fingerprint density at radius 1 is 1.36 bits per heavy atom. The monoisotopic (exact) mass is 257 g/mol. The predicted molar refractivity (Wildman–Crippen MR) is 58.4 cm³/mol. The normalized spacial score (nSPS) is 12.4. The lowest BCUT2D eigenvalue weighted by Crippen LogP contribution is -2.32. The van der Waals surface area contributed by atoms with Gasteiger partial charge in [-0.2, -0.15) is 0 Å². The highest BCUT2D eigenvalue weighted by Crippen LogP contribution is 2.09. The first-order valence-corrected chi connectivity index (χ1v) is 5.38. The summed E-state index contributed by atoms with van der Waals surface area (Å²) < 4.78 is 0. The molecule has 3 N–H and O–H groups in total. The Balaban J connectivity index is 2.64. The molecular formula is C10H12BrNO2. The summed E-state index contributed by atoms with van der Waals surface area (Å²) in [6, 6.07) is 6.90. The summed E-state index contributed by atoms with van der Waals surface area (Å²) in [4.78, 5) is 10.5. The van der Waals surface area contributed by atoms with Crippen LogP contribution in [0, 0.1) is 0 Å². The van der Waals surface area contributed by atoms with Crippen molar-refractivity contribution in [1.29, 1.82) is 0 Å². The highest BCUT2D eigenvalue weighted by Gasteiger charge is 2.11. The minimum absolute atomic E-state index is 0.373. The fourth-order valence-corrected chi connectivity index (χ4v) is 1.48. The molecule has 0 fully saturated rings. The predicted octanol–water partition coefficient (Wildman–Crippen LogP) is 1.54. The molecule has 1 atom stereocenters. The fraction of sp³-hybridized carbons (Fsp3) is 0.300. The summed E-state index contributed by atoms with van der Waals surface area (Å²) in [5.74, 6) is -0.963. The molecule has 3 nitrogen and oxygen atoms in total. The molecule has 14 heavy (non-hydrogen) atoms. The number of alkyl halides is 1. The Morgan fingerprint density at radius 2 is 1.86 bits per heavy atom. The van der Waals surface area contributed by atoms with Gasteiger partial charge in [0.15, 0.2) is 0 Å². The number of hydrogen-bond acceptors (Lipinski definition) is 2. The fourth-order valence-electron chi connectivity index (χ4n) is 1.11. The van der Waals surface area contributed by atoms with Gasteiger partial charge in [0.05, 0.1) is 0 Å². The Labute approximate surface area is 91.1 Å². The third-order valence-corrected chi connectivity index (χ3v) is 2.60. The molecule has 0 aliphatic rings. The van der Waals surface area contributed by atoms with Crippen LogP contribution in [0.2, 0.25) is 0 Å². The molecule has 0 heterocycles. The molecule has 0 bridgehead atoms. The standard InChI is InChI=1S/C10H12BrNO2/c11-6-8-3-1-7(2-4-8)5-9(12)10(13)14/h1-4,9H,5-6,12H2,(H,13,14). The van der Waals surface area contributed by atoms with Crippen molar-refractivity contribution >= 4 is 21.9 Å². The number of halogens is 1. The highest BCUT2D eigenvalue weighted by atomic mass is 79.9. The van der Waals surface area contributed by atoms with Gasteiger partial charge in [0.25, 0.3) is 0 Å². The lowest BCUT2D eigenvalue weighted by molar-refractivity contribution is -0.138. The SMILES string of the molecule is NC(Cc1ccc(CBr)cc1)C(=O)O. The van der Waals surface area contributed by atoms with E-state index in [-0.39, 0.29) is 0 Å². The first-order chi connectivity index (χ1) is 6.63. The minimum atomic E-state index is -0.963. The van der Waals surface area contributed by atoms with E-state index in [4.69, 9.17) is 10.8 Å². The zero-order valence-corrected chi connectivity index (χ0v) is 9.20.